The molecule has 1 heterocycles. The second kappa shape index (κ2) is 4.99. The van der Waals surface area contributed by atoms with Crippen molar-refractivity contribution in [3.63, 3.8) is 0 Å². The Kier molecular flexibility index (Phi) is 3.71. The van der Waals surface area contributed by atoms with Gasteiger partial charge >= 0.3 is 0 Å². The molecule has 19 heavy (non-hydrogen) atoms. The maximum Gasteiger partial charge on any atom is 0.229 e. The Morgan fingerprint density at radius 3 is 2.68 bits per heavy atom. The molecule has 0 radical (unpaired) electrons. The van der Waals surface area contributed by atoms with Crippen molar-refractivity contribution in [2.75, 3.05) is 6.54 Å². The van der Waals surface area contributed by atoms with Crippen molar-refractivity contribution in [1.82, 2.24) is 4.90 Å². The summed E-state index contributed by atoms with van der Waals surface area (Å²) in [5.41, 5.74) is -0.240. The number of hydrogen-bond donors (Lipinski definition) is 0. The van der Waals surface area contributed by atoms with E-state index < -0.39 is 0 Å². The molecule has 1 amide bonds. The Hall–Kier alpha value is -1.31. The number of nitrogens with zero attached hydrogens (tertiary/aromatic N) is 1. The largest absolute Gasteiger partial charge is 0.331 e. The van der Waals surface area contributed by atoms with Gasteiger partial charge in [-0.05, 0) is 12.8 Å². The highest BCUT2D eigenvalue weighted by atomic mass is 16.2. The minimum atomic E-state index is -0.269. The summed E-state index contributed by atoms with van der Waals surface area (Å²) in [6, 6.07) is 0.187. The minimum absolute atomic E-state index is 0.0290. The zero-order chi connectivity index (χ0) is 14.1. The fourth-order valence-electron chi connectivity index (χ4n) is 2.81. The number of hydrogen-bond acceptors (Lipinski definition) is 1. The van der Waals surface area contributed by atoms with E-state index in [0.29, 0.717) is 0 Å². The molecule has 2 aliphatic rings. The number of carbonyl (C=O) groups is 1. The monoisotopic (exact) mass is 259 g/mol. The SMILES string of the molecule is CCC(C)(C)C(=O)N1CC=C[C@H]1C1(C)C=CC=CC1. The van der Waals surface area contributed by atoms with Crippen molar-refractivity contribution < 1.29 is 4.79 Å². The number of amides is 1. The first-order valence-corrected chi connectivity index (χ1v) is 7.23. The third-order valence-corrected chi connectivity index (χ3v) is 4.64. The smallest absolute Gasteiger partial charge is 0.229 e. The molecule has 2 heteroatoms. The molecule has 2 rings (SSSR count). The Bertz CT molecular complexity index is 444. The maximum absolute atomic E-state index is 12.7. The van der Waals surface area contributed by atoms with E-state index in [1.54, 1.807) is 0 Å². The van der Waals surface area contributed by atoms with Crippen LogP contribution in [0.5, 0.6) is 0 Å². The zero-order valence-electron chi connectivity index (χ0n) is 12.5. The first-order chi connectivity index (χ1) is 8.91. The van der Waals surface area contributed by atoms with Gasteiger partial charge in [0.25, 0.3) is 0 Å². The molecule has 2 atom stereocenters. The van der Waals surface area contributed by atoms with E-state index in [1.807, 2.05) is 18.7 Å². The average molecular weight is 259 g/mol. The van der Waals surface area contributed by atoms with Crippen molar-refractivity contribution in [3.05, 3.63) is 36.5 Å². The third kappa shape index (κ3) is 2.54. The van der Waals surface area contributed by atoms with Gasteiger partial charge in [-0.2, -0.15) is 0 Å². The van der Waals surface area contributed by atoms with Gasteiger partial charge in [0.15, 0.2) is 0 Å². The van der Waals surface area contributed by atoms with Gasteiger partial charge in [-0.25, -0.2) is 0 Å². The molecule has 0 bridgehead atoms. The molecule has 0 fully saturated rings. The summed E-state index contributed by atoms with van der Waals surface area (Å²) in [4.78, 5) is 14.8. The van der Waals surface area contributed by atoms with Crippen LogP contribution in [0.1, 0.15) is 40.5 Å². The molecular weight excluding hydrogens is 234 g/mol. The Balaban J connectivity index is 2.22. The molecule has 0 spiro atoms. The molecule has 0 saturated carbocycles. The Morgan fingerprint density at radius 2 is 2.11 bits per heavy atom. The fourth-order valence-corrected chi connectivity index (χ4v) is 2.81. The van der Waals surface area contributed by atoms with Crippen molar-refractivity contribution in [2.24, 2.45) is 10.8 Å². The fraction of sp³-hybridized carbons (Fsp3) is 0.588. The summed E-state index contributed by atoms with van der Waals surface area (Å²) in [5, 5.41) is 0. The predicted octanol–water partition coefficient (Wildman–Crippen LogP) is 3.71. The highest BCUT2D eigenvalue weighted by Gasteiger charge is 2.41. The van der Waals surface area contributed by atoms with Crippen LogP contribution in [-0.2, 0) is 4.79 Å². The van der Waals surface area contributed by atoms with E-state index in [9.17, 15) is 4.79 Å². The lowest BCUT2D eigenvalue weighted by molar-refractivity contribution is -0.142. The third-order valence-electron chi connectivity index (χ3n) is 4.64. The van der Waals surface area contributed by atoms with Gasteiger partial charge in [0.2, 0.25) is 5.91 Å². The van der Waals surface area contributed by atoms with Crippen LogP contribution in [-0.4, -0.2) is 23.4 Å². The molecule has 1 aliphatic carbocycles. The molecule has 0 aromatic heterocycles. The van der Waals surface area contributed by atoms with Gasteiger partial charge in [-0.1, -0.05) is 64.2 Å². The minimum Gasteiger partial charge on any atom is -0.331 e. The molecule has 1 unspecified atom stereocenters. The van der Waals surface area contributed by atoms with Crippen molar-refractivity contribution in [3.8, 4) is 0 Å². The first-order valence-electron chi connectivity index (χ1n) is 7.23. The standard InChI is InChI=1S/C17H25NO/c1-5-16(2,3)15(19)18-13-9-10-14(18)17(4)11-7-6-8-12-17/h6-11,14H,5,12-13H2,1-4H3/t14-,17?/m0/s1. The lowest BCUT2D eigenvalue weighted by Crippen LogP contribution is -2.49. The molecule has 0 aromatic rings. The summed E-state index contributed by atoms with van der Waals surface area (Å²) in [7, 11) is 0. The lowest BCUT2D eigenvalue weighted by Gasteiger charge is -2.41. The van der Waals surface area contributed by atoms with Gasteiger partial charge in [0, 0.05) is 17.4 Å². The Labute approximate surface area is 116 Å². The van der Waals surface area contributed by atoms with Crippen LogP contribution < -0.4 is 0 Å². The Morgan fingerprint density at radius 1 is 1.37 bits per heavy atom. The van der Waals surface area contributed by atoms with Gasteiger partial charge in [-0.3, -0.25) is 4.79 Å². The van der Waals surface area contributed by atoms with Crippen LogP contribution >= 0.6 is 0 Å². The van der Waals surface area contributed by atoms with E-state index in [0.717, 1.165) is 19.4 Å². The molecule has 0 saturated heterocycles. The van der Waals surface area contributed by atoms with Crippen molar-refractivity contribution in [1.29, 1.82) is 0 Å². The van der Waals surface area contributed by atoms with E-state index in [2.05, 4.69) is 50.3 Å². The molecule has 0 aromatic carbocycles. The number of allylic oxidation sites excluding steroid dienone is 3. The van der Waals surface area contributed by atoms with Crippen LogP contribution in [0.3, 0.4) is 0 Å². The predicted molar refractivity (Wildman–Crippen MR) is 79.7 cm³/mol. The van der Waals surface area contributed by atoms with Crippen LogP contribution in [0.25, 0.3) is 0 Å². The molecule has 0 N–H and O–H groups in total. The van der Waals surface area contributed by atoms with E-state index in [4.69, 9.17) is 0 Å². The van der Waals surface area contributed by atoms with Gasteiger partial charge < -0.3 is 4.90 Å². The van der Waals surface area contributed by atoms with Crippen LogP contribution in [0, 0.1) is 10.8 Å². The quantitative estimate of drug-likeness (QED) is 0.707. The van der Waals surface area contributed by atoms with Gasteiger partial charge in [-0.15, -0.1) is 0 Å². The van der Waals surface area contributed by atoms with E-state index >= 15 is 0 Å². The van der Waals surface area contributed by atoms with Crippen molar-refractivity contribution in [2.45, 2.75) is 46.6 Å². The highest BCUT2D eigenvalue weighted by molar-refractivity contribution is 5.83. The summed E-state index contributed by atoms with van der Waals surface area (Å²) in [6.45, 7) is 9.17. The second-order valence-corrected chi connectivity index (χ2v) is 6.57. The topological polar surface area (TPSA) is 20.3 Å². The van der Waals surface area contributed by atoms with Crippen molar-refractivity contribution >= 4 is 5.91 Å². The van der Waals surface area contributed by atoms with Crippen LogP contribution in [0.15, 0.2) is 36.5 Å². The summed E-state index contributed by atoms with van der Waals surface area (Å²) in [6.07, 6.45) is 14.8. The lowest BCUT2D eigenvalue weighted by atomic mass is 9.76. The van der Waals surface area contributed by atoms with Gasteiger partial charge in [0.1, 0.15) is 0 Å². The molecule has 2 nitrogen and oxygen atoms in total. The van der Waals surface area contributed by atoms with Gasteiger partial charge in [0.05, 0.1) is 6.04 Å². The zero-order valence-corrected chi connectivity index (χ0v) is 12.5. The molecule has 1 aliphatic heterocycles. The molecular formula is C17H25NO. The van der Waals surface area contributed by atoms with Crippen LogP contribution in [0.2, 0.25) is 0 Å². The van der Waals surface area contributed by atoms with Crippen LogP contribution in [0.4, 0.5) is 0 Å². The maximum atomic E-state index is 12.7. The highest BCUT2D eigenvalue weighted by Crippen LogP contribution is 2.39. The first kappa shape index (κ1) is 14.1. The summed E-state index contributed by atoms with van der Waals surface area (Å²) < 4.78 is 0. The summed E-state index contributed by atoms with van der Waals surface area (Å²) >= 11 is 0. The normalized spacial score (nSPS) is 30.1. The summed E-state index contributed by atoms with van der Waals surface area (Å²) in [5.74, 6) is 0.272. The number of carbonyl (C=O) groups excluding carboxylic acids is 1. The molecule has 104 valence electrons. The average Bonchev–Trinajstić information content (AvgIpc) is 2.88. The second-order valence-electron chi connectivity index (χ2n) is 6.57. The number of rotatable bonds is 3. The van der Waals surface area contributed by atoms with E-state index in [1.165, 1.54) is 0 Å². The van der Waals surface area contributed by atoms with E-state index in [-0.39, 0.29) is 22.8 Å².